The fourth-order valence-corrected chi connectivity index (χ4v) is 2.24. The topological polar surface area (TPSA) is 71.4 Å². The van der Waals surface area contributed by atoms with Crippen LogP contribution in [0.3, 0.4) is 0 Å². The van der Waals surface area contributed by atoms with Gasteiger partial charge in [0, 0.05) is 6.26 Å². The van der Waals surface area contributed by atoms with E-state index in [1.807, 2.05) is 0 Å². The number of sulfone groups is 1. The van der Waals surface area contributed by atoms with Crippen LogP contribution in [0.5, 0.6) is 0 Å². The summed E-state index contributed by atoms with van der Waals surface area (Å²) in [6.07, 6.45) is 0.483. The van der Waals surface area contributed by atoms with E-state index < -0.39 is 38.3 Å². The Hall–Kier alpha value is -1.50. The van der Waals surface area contributed by atoms with Crippen molar-refractivity contribution in [3.8, 4) is 0 Å². The lowest BCUT2D eigenvalue weighted by Gasteiger charge is -2.10. The normalized spacial score (nSPS) is 13.3. The van der Waals surface area contributed by atoms with Crippen molar-refractivity contribution in [2.45, 2.75) is 18.2 Å². The average molecular weight is 278 g/mol. The van der Waals surface area contributed by atoms with Gasteiger partial charge in [-0.15, -0.1) is 0 Å². The summed E-state index contributed by atoms with van der Waals surface area (Å²) < 4.78 is 49.6. The summed E-state index contributed by atoms with van der Waals surface area (Å²) in [6.45, 7) is 1.33. The third-order valence-corrected chi connectivity index (χ3v) is 3.52. The molecule has 1 aromatic carbocycles. The number of benzene rings is 1. The highest BCUT2D eigenvalue weighted by atomic mass is 32.2. The summed E-state index contributed by atoms with van der Waals surface area (Å²) in [6, 6.07) is 1.39. The second-order valence-corrected chi connectivity index (χ2v) is 6.08. The average Bonchev–Trinajstić information content (AvgIpc) is 2.21. The van der Waals surface area contributed by atoms with Gasteiger partial charge in [-0.25, -0.2) is 17.2 Å². The molecule has 0 saturated carbocycles. The molecule has 0 heterocycles. The molecule has 1 unspecified atom stereocenters. The van der Waals surface area contributed by atoms with Crippen LogP contribution in [-0.4, -0.2) is 25.7 Å². The summed E-state index contributed by atoms with van der Waals surface area (Å²) in [5.41, 5.74) is -0.259. The molecule has 1 N–H and O–H groups in total. The van der Waals surface area contributed by atoms with Crippen LogP contribution >= 0.6 is 0 Å². The maximum atomic E-state index is 13.8. The fraction of sp³-hybridized carbons (Fsp3) is 0.364. The van der Waals surface area contributed by atoms with E-state index in [-0.39, 0.29) is 12.0 Å². The molecule has 0 fully saturated rings. The maximum absolute atomic E-state index is 13.8. The zero-order valence-corrected chi connectivity index (χ0v) is 10.6. The third-order valence-electron chi connectivity index (χ3n) is 2.43. The van der Waals surface area contributed by atoms with Crippen LogP contribution in [0.1, 0.15) is 12.5 Å². The van der Waals surface area contributed by atoms with Crippen LogP contribution in [0.25, 0.3) is 0 Å². The van der Waals surface area contributed by atoms with Crippen LogP contribution < -0.4 is 0 Å². The Kier molecular flexibility index (Phi) is 4.05. The monoisotopic (exact) mass is 278 g/mol. The summed E-state index contributed by atoms with van der Waals surface area (Å²) in [5, 5.41) is 8.70. The fourth-order valence-electron chi connectivity index (χ4n) is 1.45. The number of hydrogen-bond donors (Lipinski definition) is 1. The Morgan fingerprint density at radius 2 is 1.94 bits per heavy atom. The lowest BCUT2D eigenvalue weighted by molar-refractivity contribution is -0.141. The summed E-state index contributed by atoms with van der Waals surface area (Å²) >= 11 is 0. The van der Waals surface area contributed by atoms with E-state index in [0.717, 1.165) is 12.3 Å². The van der Waals surface area contributed by atoms with E-state index in [0.29, 0.717) is 6.07 Å². The van der Waals surface area contributed by atoms with Gasteiger partial charge >= 0.3 is 5.97 Å². The highest BCUT2D eigenvalue weighted by molar-refractivity contribution is 7.90. The molecule has 0 aliphatic heterocycles. The minimum atomic E-state index is -3.90. The summed E-state index contributed by atoms with van der Waals surface area (Å²) in [4.78, 5) is 9.89. The predicted molar refractivity (Wildman–Crippen MR) is 60.0 cm³/mol. The molecule has 0 bridgehead atoms. The highest BCUT2D eigenvalue weighted by Crippen LogP contribution is 2.22. The van der Waals surface area contributed by atoms with Gasteiger partial charge in [0.05, 0.1) is 5.92 Å². The van der Waals surface area contributed by atoms with Crippen molar-refractivity contribution in [1.29, 1.82) is 0 Å². The van der Waals surface area contributed by atoms with Crippen molar-refractivity contribution in [2.24, 2.45) is 5.92 Å². The van der Waals surface area contributed by atoms with Gasteiger partial charge in [-0.3, -0.25) is 4.79 Å². The third kappa shape index (κ3) is 3.25. The molecule has 100 valence electrons. The number of aliphatic carboxylic acids is 1. The van der Waals surface area contributed by atoms with E-state index in [4.69, 9.17) is 5.11 Å². The van der Waals surface area contributed by atoms with Crippen LogP contribution in [0.2, 0.25) is 0 Å². The van der Waals surface area contributed by atoms with Crippen molar-refractivity contribution in [2.75, 3.05) is 6.26 Å². The molecule has 0 amide bonds. The van der Waals surface area contributed by atoms with Crippen LogP contribution in [-0.2, 0) is 21.1 Å². The second-order valence-electron chi connectivity index (χ2n) is 4.09. The molecule has 0 aromatic heterocycles. The second kappa shape index (κ2) is 5.01. The van der Waals surface area contributed by atoms with Gasteiger partial charge in [-0.2, -0.15) is 0 Å². The Morgan fingerprint density at radius 3 is 2.39 bits per heavy atom. The van der Waals surface area contributed by atoms with Gasteiger partial charge in [0.15, 0.2) is 9.84 Å². The molecule has 1 atom stereocenters. The molecule has 0 radical (unpaired) electrons. The molecule has 0 saturated heterocycles. The molecular formula is C11H12F2O4S. The van der Waals surface area contributed by atoms with E-state index in [9.17, 15) is 22.0 Å². The van der Waals surface area contributed by atoms with Crippen LogP contribution in [0.15, 0.2) is 17.0 Å². The first-order valence-corrected chi connectivity index (χ1v) is 6.93. The predicted octanol–water partition coefficient (Wildman–Crippen LogP) is 1.63. The summed E-state index contributed by atoms with van der Waals surface area (Å²) in [7, 11) is -3.90. The highest BCUT2D eigenvalue weighted by Gasteiger charge is 2.21. The first-order valence-electron chi connectivity index (χ1n) is 5.03. The van der Waals surface area contributed by atoms with Crippen LogP contribution in [0, 0.1) is 17.6 Å². The quantitative estimate of drug-likeness (QED) is 0.908. The van der Waals surface area contributed by atoms with E-state index in [2.05, 4.69) is 0 Å². The molecule has 0 aliphatic rings. The van der Waals surface area contributed by atoms with Gasteiger partial charge < -0.3 is 5.11 Å². The van der Waals surface area contributed by atoms with Crippen LogP contribution in [0.4, 0.5) is 8.78 Å². The van der Waals surface area contributed by atoms with Gasteiger partial charge in [0.2, 0.25) is 0 Å². The van der Waals surface area contributed by atoms with Crippen molar-refractivity contribution in [3.63, 3.8) is 0 Å². The number of carbonyl (C=O) groups is 1. The minimum Gasteiger partial charge on any atom is -0.481 e. The lowest BCUT2D eigenvalue weighted by atomic mass is 10.0. The Labute approximate surface area is 103 Å². The largest absolute Gasteiger partial charge is 0.481 e. The van der Waals surface area contributed by atoms with Crippen molar-refractivity contribution in [1.82, 2.24) is 0 Å². The number of halogens is 2. The number of hydrogen-bond acceptors (Lipinski definition) is 3. The molecule has 7 heteroatoms. The molecule has 4 nitrogen and oxygen atoms in total. The van der Waals surface area contributed by atoms with Crippen molar-refractivity contribution in [3.05, 3.63) is 29.3 Å². The molecule has 1 rings (SSSR count). The Morgan fingerprint density at radius 1 is 1.39 bits per heavy atom. The Bertz CT molecular complexity index is 581. The van der Waals surface area contributed by atoms with Gasteiger partial charge in [-0.05, 0) is 24.1 Å². The zero-order valence-electron chi connectivity index (χ0n) is 9.78. The number of rotatable bonds is 4. The first-order chi connectivity index (χ1) is 8.12. The lowest BCUT2D eigenvalue weighted by Crippen LogP contribution is -2.14. The Balaban J connectivity index is 3.30. The minimum absolute atomic E-state index is 0.259. The SMILES string of the molecule is CC(Cc1cc(F)cc(S(C)(=O)=O)c1F)C(=O)O. The van der Waals surface area contributed by atoms with E-state index in [1.165, 1.54) is 6.92 Å². The molecule has 0 aliphatic carbocycles. The number of carboxylic acids is 1. The standard InChI is InChI=1S/C11H12F2O4S/c1-6(11(14)15)3-7-4-8(12)5-9(10(7)13)18(2,16)17/h4-6H,3H2,1-2H3,(H,14,15). The van der Waals surface area contributed by atoms with Gasteiger partial charge in [0.25, 0.3) is 0 Å². The summed E-state index contributed by atoms with van der Waals surface area (Å²) in [5.74, 6) is -4.11. The zero-order chi connectivity index (χ0) is 14.1. The van der Waals surface area contributed by atoms with E-state index in [1.54, 1.807) is 0 Å². The molecule has 1 aromatic rings. The van der Waals surface area contributed by atoms with Gasteiger partial charge in [0.1, 0.15) is 16.5 Å². The van der Waals surface area contributed by atoms with E-state index >= 15 is 0 Å². The van der Waals surface area contributed by atoms with Crippen molar-refractivity contribution < 1.29 is 27.1 Å². The van der Waals surface area contributed by atoms with Gasteiger partial charge in [-0.1, -0.05) is 6.92 Å². The first kappa shape index (κ1) is 14.6. The number of carboxylic acid groups (broad SMARTS) is 1. The molecular weight excluding hydrogens is 266 g/mol. The molecule has 0 spiro atoms. The molecule has 18 heavy (non-hydrogen) atoms. The smallest absolute Gasteiger partial charge is 0.306 e. The van der Waals surface area contributed by atoms with Crippen molar-refractivity contribution >= 4 is 15.8 Å². The maximum Gasteiger partial charge on any atom is 0.306 e.